The van der Waals surface area contributed by atoms with Crippen LogP contribution in [-0.2, 0) is 0 Å². The molecular weight excluding hydrogens is 277 g/mol. The molecule has 1 N–H and O–H groups in total. The Balaban J connectivity index is 2.66. The predicted molar refractivity (Wildman–Crippen MR) is 81.4 cm³/mol. The van der Waals surface area contributed by atoms with Crippen LogP contribution in [0.1, 0.15) is 52.9 Å². The first-order valence-electron chi connectivity index (χ1n) is 8.42. The summed E-state index contributed by atoms with van der Waals surface area (Å²) in [6.07, 6.45) is 1.18. The molecule has 126 valence electrons. The average Bonchev–Trinajstić information content (AvgIpc) is 2.39. The second-order valence-corrected chi connectivity index (χ2v) is 6.36. The maximum atomic E-state index is 12.7. The van der Waals surface area contributed by atoms with Gasteiger partial charge in [0.05, 0.1) is 6.54 Å². The van der Waals surface area contributed by atoms with E-state index in [1.54, 1.807) is 4.90 Å². The van der Waals surface area contributed by atoms with Crippen molar-refractivity contribution in [2.45, 2.75) is 65.1 Å². The third kappa shape index (κ3) is 7.00. The number of halogens is 3. The molecule has 1 fully saturated rings. The van der Waals surface area contributed by atoms with Crippen LogP contribution >= 0.6 is 0 Å². The molecule has 0 aliphatic heterocycles. The SMILES string of the molecule is CCCN(CC1CC(CC)CCC1NCC)CC(F)(F)F. The van der Waals surface area contributed by atoms with Crippen molar-refractivity contribution in [1.29, 1.82) is 0 Å². The van der Waals surface area contributed by atoms with Crippen molar-refractivity contribution in [3.05, 3.63) is 0 Å². The Labute approximate surface area is 127 Å². The van der Waals surface area contributed by atoms with Crippen LogP contribution in [0.2, 0.25) is 0 Å². The lowest BCUT2D eigenvalue weighted by molar-refractivity contribution is -0.148. The molecule has 1 rings (SSSR count). The normalized spacial score (nSPS) is 27.3. The van der Waals surface area contributed by atoms with Crippen molar-refractivity contribution in [1.82, 2.24) is 10.2 Å². The highest BCUT2D eigenvalue weighted by molar-refractivity contribution is 4.86. The Hall–Kier alpha value is -0.290. The van der Waals surface area contributed by atoms with Gasteiger partial charge in [0.25, 0.3) is 0 Å². The van der Waals surface area contributed by atoms with Gasteiger partial charge < -0.3 is 5.32 Å². The average molecular weight is 308 g/mol. The van der Waals surface area contributed by atoms with Gasteiger partial charge in [-0.25, -0.2) is 0 Å². The highest BCUT2D eigenvalue weighted by atomic mass is 19.4. The molecule has 3 atom stereocenters. The molecule has 3 unspecified atom stereocenters. The lowest BCUT2D eigenvalue weighted by Gasteiger charge is -2.39. The number of hydrogen-bond acceptors (Lipinski definition) is 2. The van der Waals surface area contributed by atoms with Crippen LogP contribution in [0, 0.1) is 11.8 Å². The van der Waals surface area contributed by atoms with Crippen molar-refractivity contribution in [3.63, 3.8) is 0 Å². The first kappa shape index (κ1) is 18.8. The van der Waals surface area contributed by atoms with Crippen LogP contribution in [0.4, 0.5) is 13.2 Å². The molecule has 0 bridgehead atoms. The maximum absolute atomic E-state index is 12.7. The smallest absolute Gasteiger partial charge is 0.314 e. The Morgan fingerprint density at radius 1 is 1.14 bits per heavy atom. The van der Waals surface area contributed by atoms with Crippen molar-refractivity contribution < 1.29 is 13.2 Å². The molecule has 2 nitrogen and oxygen atoms in total. The zero-order valence-corrected chi connectivity index (χ0v) is 13.7. The summed E-state index contributed by atoms with van der Waals surface area (Å²) >= 11 is 0. The molecule has 0 heterocycles. The molecule has 21 heavy (non-hydrogen) atoms. The van der Waals surface area contributed by atoms with E-state index in [0.717, 1.165) is 32.2 Å². The zero-order valence-electron chi connectivity index (χ0n) is 13.7. The first-order chi connectivity index (χ1) is 9.89. The summed E-state index contributed by atoms with van der Waals surface area (Å²) in [6, 6.07) is 0.380. The van der Waals surface area contributed by atoms with Gasteiger partial charge >= 0.3 is 6.18 Å². The van der Waals surface area contributed by atoms with Crippen LogP contribution in [-0.4, -0.2) is 43.3 Å². The van der Waals surface area contributed by atoms with Crippen molar-refractivity contribution in [2.75, 3.05) is 26.2 Å². The number of hydrogen-bond donors (Lipinski definition) is 1. The van der Waals surface area contributed by atoms with Gasteiger partial charge in [0.2, 0.25) is 0 Å². The molecule has 0 spiro atoms. The largest absolute Gasteiger partial charge is 0.401 e. The van der Waals surface area contributed by atoms with Crippen LogP contribution in [0.5, 0.6) is 0 Å². The van der Waals surface area contributed by atoms with Gasteiger partial charge in [0, 0.05) is 12.6 Å². The topological polar surface area (TPSA) is 15.3 Å². The summed E-state index contributed by atoms with van der Waals surface area (Å²) in [4.78, 5) is 1.60. The molecule has 1 saturated carbocycles. The zero-order chi connectivity index (χ0) is 15.9. The highest BCUT2D eigenvalue weighted by Gasteiger charge is 2.34. The van der Waals surface area contributed by atoms with E-state index in [1.807, 2.05) is 6.92 Å². The third-order valence-electron chi connectivity index (χ3n) is 4.57. The molecule has 1 aliphatic carbocycles. The minimum atomic E-state index is -4.10. The third-order valence-corrected chi connectivity index (χ3v) is 4.57. The second-order valence-electron chi connectivity index (χ2n) is 6.36. The fourth-order valence-corrected chi connectivity index (χ4v) is 3.60. The fourth-order valence-electron chi connectivity index (χ4n) is 3.60. The van der Waals surface area contributed by atoms with Crippen LogP contribution in [0.15, 0.2) is 0 Å². The Morgan fingerprint density at radius 2 is 1.86 bits per heavy atom. The predicted octanol–water partition coefficient (Wildman–Crippen LogP) is 4.07. The molecule has 0 aromatic heterocycles. The summed E-state index contributed by atoms with van der Waals surface area (Å²) in [5, 5.41) is 3.48. The van der Waals surface area contributed by atoms with Gasteiger partial charge in [-0.2, -0.15) is 13.2 Å². The standard InChI is InChI=1S/C16H31F3N2/c1-4-9-21(12-16(17,18)19)11-14-10-13(5-2)7-8-15(14)20-6-3/h13-15,20H,4-12H2,1-3H3. The van der Waals surface area contributed by atoms with Crippen molar-refractivity contribution in [3.8, 4) is 0 Å². The van der Waals surface area contributed by atoms with E-state index in [1.165, 1.54) is 6.42 Å². The van der Waals surface area contributed by atoms with E-state index in [2.05, 4.69) is 19.2 Å². The molecule has 0 saturated heterocycles. The summed E-state index contributed by atoms with van der Waals surface area (Å²) in [6.45, 7) is 7.43. The van der Waals surface area contributed by atoms with Gasteiger partial charge in [0.1, 0.15) is 0 Å². The quantitative estimate of drug-likeness (QED) is 0.727. The molecule has 1 aliphatic rings. The van der Waals surface area contributed by atoms with E-state index in [0.29, 0.717) is 31.0 Å². The van der Waals surface area contributed by atoms with E-state index >= 15 is 0 Å². The minimum Gasteiger partial charge on any atom is -0.314 e. The number of nitrogens with one attached hydrogen (secondary N) is 1. The number of nitrogens with zero attached hydrogens (tertiary/aromatic N) is 1. The molecule has 0 aromatic rings. The Bertz CT molecular complexity index is 281. The molecule has 0 aromatic carbocycles. The summed E-state index contributed by atoms with van der Waals surface area (Å²) in [5.41, 5.74) is 0. The molecule has 0 amide bonds. The summed E-state index contributed by atoms with van der Waals surface area (Å²) < 4.78 is 38.1. The van der Waals surface area contributed by atoms with Crippen LogP contribution in [0.25, 0.3) is 0 Å². The number of rotatable bonds is 8. The van der Waals surface area contributed by atoms with Crippen molar-refractivity contribution in [2.24, 2.45) is 11.8 Å². The second kappa shape index (κ2) is 8.99. The fraction of sp³-hybridized carbons (Fsp3) is 1.00. The molecular formula is C16H31F3N2. The van der Waals surface area contributed by atoms with E-state index in [-0.39, 0.29) is 0 Å². The van der Waals surface area contributed by atoms with Gasteiger partial charge in [-0.3, -0.25) is 4.90 Å². The van der Waals surface area contributed by atoms with E-state index in [9.17, 15) is 13.2 Å². The lowest BCUT2D eigenvalue weighted by Crippen LogP contribution is -2.47. The van der Waals surface area contributed by atoms with Gasteiger partial charge in [-0.05, 0) is 50.6 Å². The monoisotopic (exact) mass is 308 g/mol. The summed E-state index contributed by atoms with van der Waals surface area (Å²) in [5.74, 6) is 1.02. The van der Waals surface area contributed by atoms with Gasteiger partial charge in [-0.1, -0.05) is 27.2 Å². The summed E-state index contributed by atoms with van der Waals surface area (Å²) in [7, 11) is 0. The van der Waals surface area contributed by atoms with Gasteiger partial charge in [0.15, 0.2) is 0 Å². The number of alkyl halides is 3. The van der Waals surface area contributed by atoms with Crippen LogP contribution < -0.4 is 5.32 Å². The van der Waals surface area contributed by atoms with E-state index < -0.39 is 12.7 Å². The maximum Gasteiger partial charge on any atom is 0.401 e. The lowest BCUT2D eigenvalue weighted by atomic mass is 9.76. The van der Waals surface area contributed by atoms with Crippen LogP contribution in [0.3, 0.4) is 0 Å². The molecule has 5 heteroatoms. The first-order valence-corrected chi connectivity index (χ1v) is 8.42. The highest BCUT2D eigenvalue weighted by Crippen LogP contribution is 2.32. The Morgan fingerprint density at radius 3 is 2.38 bits per heavy atom. The Kier molecular flexibility index (Phi) is 8.03. The van der Waals surface area contributed by atoms with Crippen molar-refractivity contribution >= 4 is 0 Å². The van der Waals surface area contributed by atoms with E-state index in [4.69, 9.17) is 0 Å². The van der Waals surface area contributed by atoms with Gasteiger partial charge in [-0.15, -0.1) is 0 Å². The minimum absolute atomic E-state index is 0.345. The molecule has 0 radical (unpaired) electrons.